The fraction of sp³-hybridized carbons (Fsp3) is 0.278. The number of phenolic OH excluding ortho intramolecular Hbond substituents is 1. The number of nitrogens with one attached hydrogen (secondary N) is 1. The maximum Gasteiger partial charge on any atom is 0.408 e. The smallest absolute Gasteiger partial charge is 0.408 e. The number of aromatic hydroxyl groups is 1. The first-order valence-electron chi connectivity index (χ1n) is 7.78. The Balaban J connectivity index is 2.55. The van der Waals surface area contributed by atoms with E-state index in [0.717, 1.165) is 11.6 Å². The SMILES string of the molecule is CC(C)(C(F)(F)F)S(=O)(=O)c1c(C#N)ccc(NCc2ccccc2)c1O. The van der Waals surface area contributed by atoms with Crippen LogP contribution in [-0.4, -0.2) is 24.4 Å². The number of rotatable bonds is 5. The first-order valence-corrected chi connectivity index (χ1v) is 9.27. The Bertz CT molecular complexity index is 979. The van der Waals surface area contributed by atoms with Crippen molar-refractivity contribution in [2.75, 3.05) is 5.32 Å². The van der Waals surface area contributed by atoms with Crippen LogP contribution in [0.1, 0.15) is 25.0 Å². The van der Waals surface area contributed by atoms with Crippen molar-refractivity contribution in [2.45, 2.75) is 36.2 Å². The highest BCUT2D eigenvalue weighted by Gasteiger charge is 2.58. The highest BCUT2D eigenvalue weighted by molar-refractivity contribution is 7.93. The summed E-state index contributed by atoms with van der Waals surface area (Å²) in [6, 6.07) is 12.7. The normalized spacial score (nSPS) is 12.4. The number of anilines is 1. The molecule has 0 aliphatic carbocycles. The van der Waals surface area contributed by atoms with E-state index in [4.69, 9.17) is 5.26 Å². The van der Waals surface area contributed by atoms with E-state index < -0.39 is 37.0 Å². The molecule has 0 unspecified atom stereocenters. The summed E-state index contributed by atoms with van der Waals surface area (Å²) < 4.78 is 62.0. The molecule has 0 heterocycles. The number of sulfone groups is 1. The van der Waals surface area contributed by atoms with E-state index in [9.17, 15) is 26.7 Å². The molecular weight excluding hydrogens is 381 g/mol. The summed E-state index contributed by atoms with van der Waals surface area (Å²) in [6.45, 7) is 1.18. The van der Waals surface area contributed by atoms with E-state index in [2.05, 4.69) is 5.32 Å². The molecule has 0 aliphatic rings. The van der Waals surface area contributed by atoms with Crippen LogP contribution in [0.25, 0.3) is 0 Å². The summed E-state index contributed by atoms with van der Waals surface area (Å²) in [5, 5.41) is 22.3. The predicted molar refractivity (Wildman–Crippen MR) is 93.9 cm³/mol. The molecule has 0 spiro atoms. The maximum atomic E-state index is 13.3. The molecule has 2 N–H and O–H groups in total. The van der Waals surface area contributed by atoms with Crippen molar-refractivity contribution in [1.82, 2.24) is 0 Å². The van der Waals surface area contributed by atoms with E-state index in [0.29, 0.717) is 13.8 Å². The summed E-state index contributed by atoms with van der Waals surface area (Å²) >= 11 is 0. The largest absolute Gasteiger partial charge is 0.504 e. The average molecular weight is 398 g/mol. The Morgan fingerprint density at radius 1 is 1.11 bits per heavy atom. The van der Waals surface area contributed by atoms with Gasteiger partial charge in [-0.05, 0) is 31.5 Å². The molecule has 2 aromatic rings. The number of hydrogen-bond donors (Lipinski definition) is 2. The molecule has 0 radical (unpaired) electrons. The Kier molecular flexibility index (Phi) is 5.42. The summed E-state index contributed by atoms with van der Waals surface area (Å²) in [5.74, 6) is -0.915. The van der Waals surface area contributed by atoms with Gasteiger partial charge in [-0.1, -0.05) is 30.3 Å². The topological polar surface area (TPSA) is 90.2 Å². The molecule has 0 fully saturated rings. The van der Waals surface area contributed by atoms with E-state index >= 15 is 0 Å². The van der Waals surface area contributed by atoms with Gasteiger partial charge in [-0.2, -0.15) is 18.4 Å². The van der Waals surface area contributed by atoms with Crippen LogP contribution in [-0.2, 0) is 16.4 Å². The molecule has 2 aromatic carbocycles. The van der Waals surface area contributed by atoms with Crippen LogP contribution < -0.4 is 5.32 Å². The molecule has 9 heteroatoms. The third kappa shape index (κ3) is 3.71. The average Bonchev–Trinajstić information content (AvgIpc) is 2.59. The monoisotopic (exact) mass is 398 g/mol. The number of benzene rings is 2. The number of nitriles is 1. The van der Waals surface area contributed by atoms with E-state index in [1.807, 2.05) is 0 Å². The van der Waals surface area contributed by atoms with Crippen molar-refractivity contribution in [2.24, 2.45) is 0 Å². The Morgan fingerprint density at radius 3 is 2.22 bits per heavy atom. The first kappa shape index (κ1) is 20.6. The van der Waals surface area contributed by atoms with E-state index in [1.54, 1.807) is 30.3 Å². The molecule has 0 saturated heterocycles. The van der Waals surface area contributed by atoms with E-state index in [-0.39, 0.29) is 12.2 Å². The first-order chi connectivity index (χ1) is 12.4. The highest BCUT2D eigenvalue weighted by Crippen LogP contribution is 2.45. The molecule has 0 bridgehead atoms. The molecule has 0 saturated carbocycles. The molecular formula is C18H17F3N2O3S. The van der Waals surface area contributed by atoms with Crippen LogP contribution in [0.3, 0.4) is 0 Å². The van der Waals surface area contributed by atoms with Crippen LogP contribution in [0.4, 0.5) is 18.9 Å². The predicted octanol–water partition coefficient (Wildman–Crippen LogP) is 3.99. The van der Waals surface area contributed by atoms with Gasteiger partial charge >= 0.3 is 6.18 Å². The molecule has 2 rings (SSSR count). The fourth-order valence-electron chi connectivity index (χ4n) is 2.27. The van der Waals surface area contributed by atoms with Gasteiger partial charge in [0, 0.05) is 6.54 Å². The third-order valence-electron chi connectivity index (χ3n) is 4.20. The second-order valence-electron chi connectivity index (χ2n) is 6.30. The van der Waals surface area contributed by atoms with Crippen LogP contribution in [0.5, 0.6) is 5.75 Å². The molecule has 5 nitrogen and oxygen atoms in total. The van der Waals surface area contributed by atoms with Gasteiger partial charge in [0.15, 0.2) is 20.3 Å². The molecule has 0 atom stereocenters. The fourth-order valence-corrected chi connectivity index (χ4v) is 3.86. The van der Waals surface area contributed by atoms with Gasteiger partial charge in [0.25, 0.3) is 0 Å². The Labute approximate surface area is 155 Å². The zero-order valence-electron chi connectivity index (χ0n) is 14.5. The van der Waals surface area contributed by atoms with Gasteiger partial charge in [-0.15, -0.1) is 0 Å². The Hall–Kier alpha value is -2.73. The lowest BCUT2D eigenvalue weighted by atomic mass is 10.2. The summed E-state index contributed by atoms with van der Waals surface area (Å²) in [7, 11) is -5.11. The lowest BCUT2D eigenvalue weighted by Gasteiger charge is -2.28. The lowest BCUT2D eigenvalue weighted by molar-refractivity contribution is -0.153. The zero-order chi connectivity index (χ0) is 20.5. The number of nitrogens with zero attached hydrogens (tertiary/aromatic N) is 1. The third-order valence-corrected chi connectivity index (χ3v) is 6.73. The number of halogens is 3. The lowest BCUT2D eigenvalue weighted by Crippen LogP contribution is -2.46. The van der Waals surface area contributed by atoms with Crippen LogP contribution >= 0.6 is 0 Å². The van der Waals surface area contributed by atoms with Crippen molar-refractivity contribution >= 4 is 15.5 Å². The van der Waals surface area contributed by atoms with Gasteiger partial charge in [-0.3, -0.25) is 0 Å². The van der Waals surface area contributed by atoms with E-state index in [1.165, 1.54) is 12.1 Å². The van der Waals surface area contributed by atoms with Crippen LogP contribution in [0.2, 0.25) is 0 Å². The molecule has 0 aliphatic heterocycles. The number of hydrogen-bond acceptors (Lipinski definition) is 5. The number of phenols is 1. The van der Waals surface area contributed by atoms with Crippen LogP contribution in [0, 0.1) is 11.3 Å². The van der Waals surface area contributed by atoms with Gasteiger partial charge in [-0.25, -0.2) is 8.42 Å². The van der Waals surface area contributed by atoms with Crippen molar-refractivity contribution in [3.05, 3.63) is 53.6 Å². The van der Waals surface area contributed by atoms with Crippen molar-refractivity contribution in [3.8, 4) is 11.8 Å². The quantitative estimate of drug-likeness (QED) is 0.744. The Morgan fingerprint density at radius 2 is 1.70 bits per heavy atom. The van der Waals surface area contributed by atoms with Gasteiger partial charge < -0.3 is 10.4 Å². The maximum absolute atomic E-state index is 13.3. The minimum absolute atomic E-state index is 0.0885. The summed E-state index contributed by atoms with van der Waals surface area (Å²) in [5.41, 5.74) is 0.158. The molecule has 144 valence electrons. The van der Waals surface area contributed by atoms with Gasteiger partial charge in [0.1, 0.15) is 11.0 Å². The van der Waals surface area contributed by atoms with Crippen molar-refractivity contribution in [1.29, 1.82) is 5.26 Å². The zero-order valence-corrected chi connectivity index (χ0v) is 15.3. The molecule has 0 aromatic heterocycles. The van der Waals surface area contributed by atoms with Gasteiger partial charge in [0.2, 0.25) is 0 Å². The summed E-state index contributed by atoms with van der Waals surface area (Å²) in [4.78, 5) is -1.04. The molecule has 27 heavy (non-hydrogen) atoms. The van der Waals surface area contributed by atoms with Gasteiger partial charge in [0.05, 0.1) is 11.3 Å². The van der Waals surface area contributed by atoms with Crippen molar-refractivity contribution in [3.63, 3.8) is 0 Å². The second-order valence-corrected chi connectivity index (χ2v) is 8.74. The van der Waals surface area contributed by atoms with Crippen LogP contribution in [0.15, 0.2) is 47.4 Å². The summed E-state index contributed by atoms with van der Waals surface area (Å²) in [6.07, 6.45) is -5.10. The minimum atomic E-state index is -5.11. The standard InChI is InChI=1S/C18H17F3N2O3S/c1-17(2,18(19,20)21)27(25,26)16-13(10-22)8-9-14(15(16)24)23-11-12-6-4-3-5-7-12/h3-9,23-24H,11H2,1-2H3. The number of alkyl halides is 3. The van der Waals surface area contributed by atoms with Crippen molar-refractivity contribution < 1.29 is 26.7 Å². The second kappa shape index (κ2) is 7.12. The minimum Gasteiger partial charge on any atom is -0.504 e. The highest BCUT2D eigenvalue weighted by atomic mass is 32.2. The molecule has 0 amide bonds.